The molecule has 6 N–H and O–H groups in total. The molecule has 0 aliphatic rings. The molecular formula is C2H9CsO5. The molecule has 0 spiro atoms. The Morgan fingerprint density at radius 3 is 1.25 bits per heavy atom. The average Bonchev–Trinajstić information content (AvgIpc) is 0.811. The van der Waals surface area contributed by atoms with E-state index in [0.717, 1.165) is 6.92 Å². The third-order valence-corrected chi connectivity index (χ3v) is 0. The fourth-order valence-electron chi connectivity index (χ4n) is 0. The van der Waals surface area contributed by atoms with Crippen molar-refractivity contribution in [3.63, 3.8) is 0 Å². The van der Waals surface area contributed by atoms with Crippen LogP contribution >= 0.6 is 0 Å². The van der Waals surface area contributed by atoms with E-state index < -0.39 is 5.97 Å². The Hall–Kier alpha value is 1.40. The maximum absolute atomic E-state index is 8.89. The molecule has 0 aromatic rings. The molecule has 0 aliphatic carbocycles. The Labute approximate surface area is 106 Å². The van der Waals surface area contributed by atoms with Gasteiger partial charge < -0.3 is 26.3 Å². The fraction of sp³-hybridized carbons (Fsp3) is 0.500. The van der Waals surface area contributed by atoms with Gasteiger partial charge in [-0.1, -0.05) is 0 Å². The van der Waals surface area contributed by atoms with Gasteiger partial charge in [-0.15, -0.1) is 0 Å². The average molecular weight is 246 g/mol. The molecule has 0 aromatic carbocycles. The van der Waals surface area contributed by atoms with Crippen LogP contribution < -0.4 is 74.0 Å². The van der Waals surface area contributed by atoms with Crippen LogP contribution in [0.5, 0.6) is 0 Å². The fourth-order valence-corrected chi connectivity index (χ4v) is 0. The molecule has 0 saturated carbocycles. The third-order valence-electron chi connectivity index (χ3n) is 0. The molecule has 0 saturated heterocycles. The van der Waals surface area contributed by atoms with Crippen LogP contribution in [0.15, 0.2) is 0 Å². The van der Waals surface area contributed by atoms with Gasteiger partial charge in [-0.25, -0.2) is 0 Å². The van der Waals surface area contributed by atoms with Crippen molar-refractivity contribution in [1.29, 1.82) is 0 Å². The summed E-state index contributed by atoms with van der Waals surface area (Å²) in [6.07, 6.45) is 0. The van der Waals surface area contributed by atoms with Crippen LogP contribution in [0.25, 0.3) is 0 Å². The third kappa shape index (κ3) is 154. The van der Waals surface area contributed by atoms with Crippen LogP contribution in [0.2, 0.25) is 0 Å². The van der Waals surface area contributed by atoms with E-state index >= 15 is 0 Å². The van der Waals surface area contributed by atoms with Gasteiger partial charge in [-0.05, 0) is 6.92 Å². The first-order chi connectivity index (χ1) is 1.73. The Balaban J connectivity index is -0.00000000750. The molecular weight excluding hydrogens is 237 g/mol. The predicted octanol–water partition coefficient (Wildman–Crippen LogP) is -6.71. The Bertz CT molecular complexity index is 33.4. The molecule has 0 rings (SSSR count). The van der Waals surface area contributed by atoms with E-state index in [1.165, 1.54) is 0 Å². The first kappa shape index (κ1) is 34.3. The quantitative estimate of drug-likeness (QED) is 0.420. The summed E-state index contributed by atoms with van der Waals surface area (Å²) < 4.78 is 0. The summed E-state index contributed by atoms with van der Waals surface area (Å²) in [6, 6.07) is 0. The van der Waals surface area contributed by atoms with Gasteiger partial charge in [0.1, 0.15) is 0 Å². The molecule has 5 nitrogen and oxygen atoms in total. The van der Waals surface area contributed by atoms with Crippen molar-refractivity contribution in [2.24, 2.45) is 0 Å². The summed E-state index contributed by atoms with van der Waals surface area (Å²) in [5.74, 6) is -1.08. The Kier molecular flexibility index (Phi) is 102. The van der Waals surface area contributed by atoms with Crippen LogP contribution in [0.1, 0.15) is 6.92 Å². The maximum Gasteiger partial charge on any atom is 1.00 e. The Morgan fingerprint density at radius 2 is 1.25 bits per heavy atom. The van der Waals surface area contributed by atoms with Crippen LogP contribution in [0, 0.1) is 0 Å². The van der Waals surface area contributed by atoms with Crippen molar-refractivity contribution in [2.75, 3.05) is 0 Å². The van der Waals surface area contributed by atoms with Gasteiger partial charge in [0.2, 0.25) is 0 Å². The van der Waals surface area contributed by atoms with Gasteiger partial charge >= 0.3 is 68.9 Å². The molecule has 0 fully saturated rings. The summed E-state index contributed by atoms with van der Waals surface area (Å²) in [5.41, 5.74) is 0. The van der Waals surface area contributed by atoms with Gasteiger partial charge in [-0.3, -0.25) is 0 Å². The summed E-state index contributed by atoms with van der Waals surface area (Å²) in [6.45, 7) is 0.972. The number of carboxylic acids is 1. The number of carboxylic acid groups (broad SMARTS) is 1. The van der Waals surface area contributed by atoms with E-state index in [9.17, 15) is 0 Å². The Morgan fingerprint density at radius 1 is 1.25 bits per heavy atom. The second kappa shape index (κ2) is 23.8. The van der Waals surface area contributed by atoms with Gasteiger partial charge in [0, 0.05) is 5.97 Å². The topological polar surface area (TPSA) is 135 Å². The number of hydrogen-bond donors (Lipinski definition) is 0. The maximum atomic E-state index is 8.89. The largest absolute Gasteiger partial charge is 1.00 e. The zero-order chi connectivity index (χ0) is 3.58. The second-order valence-electron chi connectivity index (χ2n) is 0.492. The molecule has 0 bridgehead atoms. The number of carbonyl (C=O) groups excluding carboxylic acids is 1. The van der Waals surface area contributed by atoms with Crippen LogP contribution in [0.3, 0.4) is 0 Å². The van der Waals surface area contributed by atoms with E-state index in [0.29, 0.717) is 0 Å². The zero-order valence-corrected chi connectivity index (χ0v) is 11.1. The van der Waals surface area contributed by atoms with Crippen molar-refractivity contribution in [3.05, 3.63) is 0 Å². The number of aliphatic carboxylic acids is 1. The molecule has 0 unspecified atom stereocenters. The van der Waals surface area contributed by atoms with Crippen molar-refractivity contribution in [2.45, 2.75) is 6.92 Å². The molecule has 0 aromatic heterocycles. The molecule has 0 aliphatic heterocycles. The van der Waals surface area contributed by atoms with Gasteiger partial charge in [-0.2, -0.15) is 0 Å². The van der Waals surface area contributed by atoms with Crippen molar-refractivity contribution in [3.8, 4) is 0 Å². The molecule has 48 valence electrons. The number of carbonyl (C=O) groups is 1. The minimum atomic E-state index is -1.08. The van der Waals surface area contributed by atoms with E-state index in [2.05, 4.69) is 0 Å². The molecule has 0 amide bonds. The summed E-state index contributed by atoms with van der Waals surface area (Å²) in [5, 5.41) is 8.89. The van der Waals surface area contributed by atoms with Gasteiger partial charge in [0.15, 0.2) is 0 Å². The summed E-state index contributed by atoms with van der Waals surface area (Å²) >= 11 is 0. The first-order valence-corrected chi connectivity index (χ1v) is 0.908. The SMILES string of the molecule is CC(=O)[O-].O.O.O.[Cs+]. The minimum Gasteiger partial charge on any atom is -0.550 e. The monoisotopic (exact) mass is 246 g/mol. The van der Waals surface area contributed by atoms with Gasteiger partial charge in [0.25, 0.3) is 0 Å². The summed E-state index contributed by atoms with van der Waals surface area (Å²) in [4.78, 5) is 8.89. The second-order valence-corrected chi connectivity index (χ2v) is 0.492. The van der Waals surface area contributed by atoms with E-state index in [-0.39, 0.29) is 85.3 Å². The first-order valence-electron chi connectivity index (χ1n) is 0.908. The van der Waals surface area contributed by atoms with E-state index in [1.54, 1.807) is 0 Å². The number of rotatable bonds is 0. The van der Waals surface area contributed by atoms with Crippen molar-refractivity contribution < 1.29 is 95.2 Å². The van der Waals surface area contributed by atoms with Crippen LogP contribution in [-0.4, -0.2) is 22.4 Å². The normalized spacial score (nSPS) is 3.12. The van der Waals surface area contributed by atoms with Crippen molar-refractivity contribution in [1.82, 2.24) is 0 Å². The zero-order valence-electron chi connectivity index (χ0n) is 4.82. The van der Waals surface area contributed by atoms with Gasteiger partial charge in [0.05, 0.1) is 0 Å². The van der Waals surface area contributed by atoms with E-state index in [1.807, 2.05) is 0 Å². The molecule has 6 heteroatoms. The molecule has 0 heterocycles. The standard InChI is InChI=1S/C2H4O2.Cs.3H2O/c1-2(3)4;;;;/h1H3,(H,3,4);;3*1H2/q;+1;;;/p-1. The number of hydrogen-bond acceptors (Lipinski definition) is 2. The molecule has 8 heavy (non-hydrogen) atoms. The van der Waals surface area contributed by atoms with E-state index in [4.69, 9.17) is 9.90 Å². The summed E-state index contributed by atoms with van der Waals surface area (Å²) in [7, 11) is 0. The van der Waals surface area contributed by atoms with Crippen molar-refractivity contribution >= 4 is 5.97 Å². The van der Waals surface area contributed by atoms with Crippen LogP contribution in [-0.2, 0) is 4.79 Å². The van der Waals surface area contributed by atoms with Crippen LogP contribution in [0.4, 0.5) is 0 Å². The predicted molar refractivity (Wildman–Crippen MR) is 21.5 cm³/mol. The smallest absolute Gasteiger partial charge is 0.550 e. The molecule has 0 atom stereocenters. The molecule has 0 radical (unpaired) electrons. The minimum absolute atomic E-state index is 0.